The second-order valence-electron chi connectivity index (χ2n) is 4.01. The highest BCUT2D eigenvalue weighted by Crippen LogP contribution is 2.28. The van der Waals surface area contributed by atoms with Crippen molar-refractivity contribution < 1.29 is 0 Å². The number of aromatic nitrogens is 2. The molecule has 0 aromatic carbocycles. The third-order valence-corrected chi connectivity index (χ3v) is 3.16. The minimum absolute atomic E-state index is 0.570. The van der Waals surface area contributed by atoms with Gasteiger partial charge < -0.3 is 5.32 Å². The van der Waals surface area contributed by atoms with Gasteiger partial charge in [-0.1, -0.05) is 6.92 Å². The van der Waals surface area contributed by atoms with Gasteiger partial charge in [-0.2, -0.15) is 0 Å². The Morgan fingerprint density at radius 2 is 2.21 bits per heavy atom. The standard InChI is InChI=1S/C11H17N3/c1-9(10-2-5-12-6-3-10)11-4-7-13-8-14-11/h4,7-10,12H,2-3,5-6H2,1H3. The molecule has 76 valence electrons. The van der Waals surface area contributed by atoms with Crippen LogP contribution in [0.25, 0.3) is 0 Å². The summed E-state index contributed by atoms with van der Waals surface area (Å²) in [7, 11) is 0. The van der Waals surface area contributed by atoms with Crippen LogP contribution >= 0.6 is 0 Å². The van der Waals surface area contributed by atoms with E-state index in [1.165, 1.54) is 18.5 Å². The summed E-state index contributed by atoms with van der Waals surface area (Å²) in [5.41, 5.74) is 1.19. The highest BCUT2D eigenvalue weighted by atomic mass is 14.9. The van der Waals surface area contributed by atoms with Crippen molar-refractivity contribution >= 4 is 0 Å². The molecule has 1 aromatic heterocycles. The average Bonchev–Trinajstić information content (AvgIpc) is 2.30. The fraction of sp³-hybridized carbons (Fsp3) is 0.636. The van der Waals surface area contributed by atoms with Gasteiger partial charge in [0.1, 0.15) is 6.33 Å². The third-order valence-electron chi connectivity index (χ3n) is 3.16. The van der Waals surface area contributed by atoms with Crippen LogP contribution in [0.5, 0.6) is 0 Å². The Bertz CT molecular complexity index is 267. The van der Waals surface area contributed by atoms with Gasteiger partial charge >= 0.3 is 0 Å². The molecule has 1 unspecified atom stereocenters. The Kier molecular flexibility index (Phi) is 3.09. The van der Waals surface area contributed by atoms with Crippen molar-refractivity contribution in [2.24, 2.45) is 5.92 Å². The van der Waals surface area contributed by atoms with Crippen molar-refractivity contribution in [3.05, 3.63) is 24.3 Å². The zero-order valence-corrected chi connectivity index (χ0v) is 8.61. The number of piperidine rings is 1. The largest absolute Gasteiger partial charge is 0.317 e. The molecule has 1 aromatic rings. The summed E-state index contributed by atoms with van der Waals surface area (Å²) in [4.78, 5) is 8.27. The van der Waals surface area contributed by atoms with Crippen LogP contribution in [0.2, 0.25) is 0 Å². The third kappa shape index (κ3) is 2.10. The number of hydrogen-bond acceptors (Lipinski definition) is 3. The Hall–Kier alpha value is -0.960. The molecule has 0 saturated carbocycles. The van der Waals surface area contributed by atoms with Gasteiger partial charge in [0.05, 0.1) is 0 Å². The van der Waals surface area contributed by atoms with Gasteiger partial charge in [0.25, 0.3) is 0 Å². The van der Waals surface area contributed by atoms with E-state index in [9.17, 15) is 0 Å². The van der Waals surface area contributed by atoms with E-state index in [2.05, 4.69) is 22.2 Å². The first-order valence-electron chi connectivity index (χ1n) is 5.34. The maximum absolute atomic E-state index is 4.32. The summed E-state index contributed by atoms with van der Waals surface area (Å²) < 4.78 is 0. The van der Waals surface area contributed by atoms with E-state index in [-0.39, 0.29) is 0 Å². The van der Waals surface area contributed by atoms with Crippen molar-refractivity contribution in [1.29, 1.82) is 0 Å². The predicted molar refractivity (Wildman–Crippen MR) is 56.0 cm³/mol. The normalized spacial score (nSPS) is 20.6. The van der Waals surface area contributed by atoms with E-state index in [0.717, 1.165) is 19.0 Å². The zero-order chi connectivity index (χ0) is 9.80. The summed E-state index contributed by atoms with van der Waals surface area (Å²) in [6.07, 6.45) is 6.02. The number of nitrogens with zero attached hydrogens (tertiary/aromatic N) is 2. The van der Waals surface area contributed by atoms with E-state index in [1.807, 2.05) is 12.3 Å². The van der Waals surface area contributed by atoms with E-state index in [0.29, 0.717) is 5.92 Å². The molecule has 1 saturated heterocycles. The van der Waals surface area contributed by atoms with E-state index < -0.39 is 0 Å². The molecule has 0 radical (unpaired) electrons. The first kappa shape index (κ1) is 9.59. The van der Waals surface area contributed by atoms with Crippen LogP contribution < -0.4 is 5.32 Å². The molecule has 1 fully saturated rings. The molecule has 1 aliphatic heterocycles. The molecule has 0 aliphatic carbocycles. The van der Waals surface area contributed by atoms with Crippen molar-refractivity contribution in [1.82, 2.24) is 15.3 Å². The van der Waals surface area contributed by atoms with Crippen molar-refractivity contribution in [2.75, 3.05) is 13.1 Å². The lowest BCUT2D eigenvalue weighted by molar-refractivity contribution is 0.326. The molecule has 3 heteroatoms. The second-order valence-corrected chi connectivity index (χ2v) is 4.01. The Balaban J connectivity index is 2.03. The van der Waals surface area contributed by atoms with Crippen LogP contribution in [0.3, 0.4) is 0 Å². The van der Waals surface area contributed by atoms with Crippen molar-refractivity contribution in [3.63, 3.8) is 0 Å². The molecule has 3 nitrogen and oxygen atoms in total. The molecule has 1 aliphatic rings. The Labute approximate surface area is 85.0 Å². The van der Waals surface area contributed by atoms with Crippen molar-refractivity contribution in [2.45, 2.75) is 25.7 Å². The van der Waals surface area contributed by atoms with Gasteiger partial charge in [-0.25, -0.2) is 9.97 Å². The first-order chi connectivity index (χ1) is 6.88. The molecule has 14 heavy (non-hydrogen) atoms. The summed E-state index contributed by atoms with van der Waals surface area (Å²) in [6, 6.07) is 2.03. The van der Waals surface area contributed by atoms with Crippen LogP contribution in [0.15, 0.2) is 18.6 Å². The van der Waals surface area contributed by atoms with E-state index in [1.54, 1.807) is 6.33 Å². The summed E-state index contributed by atoms with van der Waals surface area (Å²) in [5.74, 6) is 1.35. The zero-order valence-electron chi connectivity index (χ0n) is 8.61. The molecular weight excluding hydrogens is 174 g/mol. The number of hydrogen-bond donors (Lipinski definition) is 1. The highest BCUT2D eigenvalue weighted by molar-refractivity contribution is 5.06. The van der Waals surface area contributed by atoms with Crippen LogP contribution in [0, 0.1) is 5.92 Å². The number of rotatable bonds is 2. The fourth-order valence-electron chi connectivity index (χ4n) is 2.16. The topological polar surface area (TPSA) is 37.8 Å². The predicted octanol–water partition coefficient (Wildman–Crippen LogP) is 1.58. The summed E-state index contributed by atoms with van der Waals surface area (Å²) in [6.45, 7) is 4.58. The average molecular weight is 191 g/mol. The molecule has 1 N–H and O–H groups in total. The minimum atomic E-state index is 0.570. The Morgan fingerprint density at radius 3 is 2.86 bits per heavy atom. The monoisotopic (exact) mass is 191 g/mol. The SMILES string of the molecule is CC(c1ccncn1)C1CCNCC1. The van der Waals surface area contributed by atoms with Gasteiger partial charge in [-0.15, -0.1) is 0 Å². The highest BCUT2D eigenvalue weighted by Gasteiger charge is 2.21. The van der Waals surface area contributed by atoms with Crippen LogP contribution in [0.1, 0.15) is 31.4 Å². The lowest BCUT2D eigenvalue weighted by Gasteiger charge is -2.27. The first-order valence-corrected chi connectivity index (χ1v) is 5.34. The van der Waals surface area contributed by atoms with E-state index >= 15 is 0 Å². The van der Waals surface area contributed by atoms with Crippen LogP contribution in [-0.2, 0) is 0 Å². The van der Waals surface area contributed by atoms with Crippen LogP contribution in [0.4, 0.5) is 0 Å². The molecule has 2 heterocycles. The maximum Gasteiger partial charge on any atom is 0.115 e. The second kappa shape index (κ2) is 4.51. The minimum Gasteiger partial charge on any atom is -0.317 e. The molecule has 2 rings (SSSR count). The maximum atomic E-state index is 4.32. The van der Waals surface area contributed by atoms with Crippen LogP contribution in [-0.4, -0.2) is 23.1 Å². The number of nitrogens with one attached hydrogen (secondary N) is 1. The summed E-state index contributed by atoms with van der Waals surface area (Å²) >= 11 is 0. The Morgan fingerprint density at radius 1 is 1.43 bits per heavy atom. The lowest BCUT2D eigenvalue weighted by atomic mass is 9.84. The summed E-state index contributed by atoms with van der Waals surface area (Å²) in [5, 5.41) is 3.39. The van der Waals surface area contributed by atoms with E-state index in [4.69, 9.17) is 0 Å². The van der Waals surface area contributed by atoms with Gasteiger partial charge in [-0.3, -0.25) is 0 Å². The fourth-order valence-corrected chi connectivity index (χ4v) is 2.16. The molecule has 0 amide bonds. The van der Waals surface area contributed by atoms with Gasteiger partial charge in [0.15, 0.2) is 0 Å². The molecule has 0 bridgehead atoms. The molecule has 0 spiro atoms. The van der Waals surface area contributed by atoms with Crippen molar-refractivity contribution in [3.8, 4) is 0 Å². The molecular formula is C11H17N3. The quantitative estimate of drug-likeness (QED) is 0.771. The lowest BCUT2D eigenvalue weighted by Crippen LogP contribution is -2.30. The van der Waals surface area contributed by atoms with Gasteiger partial charge in [0, 0.05) is 17.8 Å². The van der Waals surface area contributed by atoms with Gasteiger partial charge in [-0.05, 0) is 37.9 Å². The van der Waals surface area contributed by atoms with Gasteiger partial charge in [0.2, 0.25) is 0 Å². The molecule has 1 atom stereocenters. The smallest absolute Gasteiger partial charge is 0.115 e.